The zero-order valence-corrected chi connectivity index (χ0v) is 16.1. The molecule has 0 saturated heterocycles. The lowest BCUT2D eigenvalue weighted by Gasteiger charge is -2.26. The van der Waals surface area contributed by atoms with Crippen molar-refractivity contribution in [3.8, 4) is 0 Å². The zero-order valence-electron chi connectivity index (χ0n) is 16.1. The van der Waals surface area contributed by atoms with E-state index in [9.17, 15) is 29.4 Å². The van der Waals surface area contributed by atoms with Gasteiger partial charge in [0.1, 0.15) is 0 Å². The van der Waals surface area contributed by atoms with Crippen LogP contribution in [-0.2, 0) is 19.2 Å². The highest BCUT2D eigenvalue weighted by Crippen LogP contribution is 2.21. The van der Waals surface area contributed by atoms with Gasteiger partial charge < -0.3 is 21.7 Å². The van der Waals surface area contributed by atoms with Crippen LogP contribution in [0.2, 0.25) is 0 Å². The third-order valence-electron chi connectivity index (χ3n) is 4.28. The van der Waals surface area contributed by atoms with Crippen LogP contribution >= 0.6 is 0 Å². The molecule has 0 aliphatic heterocycles. The summed E-state index contributed by atoms with van der Waals surface area (Å²) in [4.78, 5) is 47.2. The van der Waals surface area contributed by atoms with Gasteiger partial charge in [-0.05, 0) is 37.5 Å². The van der Waals surface area contributed by atoms with Gasteiger partial charge in [-0.25, -0.2) is 9.59 Å². The number of nitrogens with two attached hydrogens (primary N) is 2. The van der Waals surface area contributed by atoms with Gasteiger partial charge >= 0.3 is 11.9 Å². The van der Waals surface area contributed by atoms with Crippen molar-refractivity contribution in [1.29, 1.82) is 0 Å². The lowest BCUT2D eigenvalue weighted by Crippen LogP contribution is -2.56. The first-order valence-electron chi connectivity index (χ1n) is 8.88. The van der Waals surface area contributed by atoms with Crippen LogP contribution < -0.4 is 11.5 Å². The molecule has 0 aromatic heterocycles. The largest absolute Gasteiger partial charge is 0.480 e. The van der Waals surface area contributed by atoms with Crippen LogP contribution in [-0.4, -0.2) is 44.8 Å². The second-order valence-corrected chi connectivity index (χ2v) is 7.80. The molecule has 2 atom stereocenters. The molecule has 0 aromatic rings. The Labute approximate surface area is 154 Å². The molecular weight excluding hydrogens is 340 g/mol. The van der Waals surface area contributed by atoms with Gasteiger partial charge in [-0.3, -0.25) is 9.59 Å². The van der Waals surface area contributed by atoms with Crippen LogP contribution in [0.15, 0.2) is 0 Å². The summed E-state index contributed by atoms with van der Waals surface area (Å²) >= 11 is 0. The Morgan fingerprint density at radius 2 is 1.00 bits per heavy atom. The molecular formula is C18H32N2O6. The Kier molecular flexibility index (Phi) is 9.10. The maximum Gasteiger partial charge on any atom is 0.331 e. The fraction of sp³-hybridized carbons (Fsp3) is 0.778. The second-order valence-electron chi connectivity index (χ2n) is 7.80. The van der Waals surface area contributed by atoms with E-state index in [1.165, 1.54) is 0 Å². The number of carboxylic acids is 2. The third kappa shape index (κ3) is 6.49. The Bertz CT molecular complexity index is 498. The number of hydrogen-bond donors (Lipinski definition) is 4. The Balaban J connectivity index is 4.73. The molecule has 0 spiro atoms. The lowest BCUT2D eigenvalue weighted by molar-refractivity contribution is -0.151. The van der Waals surface area contributed by atoms with Crippen LogP contribution in [0.3, 0.4) is 0 Å². The van der Waals surface area contributed by atoms with Gasteiger partial charge in [0.2, 0.25) is 0 Å². The minimum atomic E-state index is -1.94. The molecule has 0 saturated carbocycles. The summed E-state index contributed by atoms with van der Waals surface area (Å²) in [5.74, 6) is -4.04. The molecule has 2 unspecified atom stereocenters. The number of unbranched alkanes of at least 4 members (excludes halogenated alkanes) is 1. The van der Waals surface area contributed by atoms with E-state index in [4.69, 9.17) is 11.5 Å². The number of carbonyl (C=O) groups is 4. The molecule has 0 rings (SSSR count). The van der Waals surface area contributed by atoms with Crippen molar-refractivity contribution in [2.24, 2.45) is 23.3 Å². The van der Waals surface area contributed by atoms with Gasteiger partial charge in [0.05, 0.1) is 0 Å². The third-order valence-corrected chi connectivity index (χ3v) is 4.28. The van der Waals surface area contributed by atoms with E-state index in [0.29, 0.717) is 0 Å². The number of hydrogen-bond acceptors (Lipinski definition) is 6. The highest BCUT2D eigenvalue weighted by atomic mass is 16.4. The maximum absolute atomic E-state index is 12.2. The minimum absolute atomic E-state index is 0.0272. The van der Waals surface area contributed by atoms with Gasteiger partial charge in [-0.15, -0.1) is 0 Å². The molecule has 0 amide bonds. The molecule has 8 nitrogen and oxygen atoms in total. The quantitative estimate of drug-likeness (QED) is 0.278. The normalized spacial score (nSPS) is 16.2. The summed E-state index contributed by atoms with van der Waals surface area (Å²) in [6.45, 7) is 7.10. The highest BCUT2D eigenvalue weighted by Gasteiger charge is 2.43. The van der Waals surface area contributed by atoms with Crippen LogP contribution in [0.4, 0.5) is 0 Å². The standard InChI is InChI=1S/C18H32N2O6/c1-11(2)9-17(19,15(23)24)13(21)7-5-6-8-14(22)18(20,16(25)26)10-12(3)4/h11-12H,5-10,19-20H2,1-4H3,(H,23,24)(H,25,26). The first-order valence-corrected chi connectivity index (χ1v) is 8.88. The van der Waals surface area contributed by atoms with Crippen LogP contribution in [0.1, 0.15) is 66.2 Å². The molecule has 0 bridgehead atoms. The minimum Gasteiger partial charge on any atom is -0.480 e. The summed E-state index contributed by atoms with van der Waals surface area (Å²) in [5.41, 5.74) is 7.68. The number of carbonyl (C=O) groups excluding carboxylic acids is 2. The topological polar surface area (TPSA) is 161 Å². The summed E-state index contributed by atoms with van der Waals surface area (Å²) in [7, 11) is 0. The van der Waals surface area contributed by atoms with Crippen molar-refractivity contribution in [2.45, 2.75) is 77.3 Å². The van der Waals surface area contributed by atoms with Crippen molar-refractivity contribution >= 4 is 23.5 Å². The number of ketones is 2. The van der Waals surface area contributed by atoms with Crippen molar-refractivity contribution in [3.63, 3.8) is 0 Å². The summed E-state index contributed by atoms with van der Waals surface area (Å²) in [6.07, 6.45) is 0.368. The molecule has 0 aromatic carbocycles. The highest BCUT2D eigenvalue weighted by molar-refractivity contribution is 6.08. The fourth-order valence-electron chi connectivity index (χ4n) is 2.95. The van der Waals surface area contributed by atoms with Crippen molar-refractivity contribution in [2.75, 3.05) is 0 Å². The maximum atomic E-state index is 12.2. The predicted octanol–water partition coefficient (Wildman–Crippen LogP) is 1.34. The van der Waals surface area contributed by atoms with Gasteiger partial charge in [-0.1, -0.05) is 27.7 Å². The molecule has 0 aliphatic carbocycles. The Morgan fingerprint density at radius 3 is 1.19 bits per heavy atom. The molecule has 0 fully saturated rings. The van der Waals surface area contributed by atoms with Gasteiger partial charge in [-0.2, -0.15) is 0 Å². The van der Waals surface area contributed by atoms with E-state index in [1.54, 1.807) is 27.7 Å². The molecule has 6 N–H and O–H groups in total. The van der Waals surface area contributed by atoms with E-state index in [1.807, 2.05) is 0 Å². The van der Waals surface area contributed by atoms with E-state index in [-0.39, 0.29) is 50.4 Å². The molecule has 0 heterocycles. The van der Waals surface area contributed by atoms with Crippen molar-refractivity contribution < 1.29 is 29.4 Å². The van der Waals surface area contributed by atoms with Gasteiger partial charge in [0.25, 0.3) is 0 Å². The molecule has 0 radical (unpaired) electrons. The summed E-state index contributed by atoms with van der Waals surface area (Å²) < 4.78 is 0. The molecule has 150 valence electrons. The first kappa shape index (κ1) is 24.2. The lowest BCUT2D eigenvalue weighted by atomic mass is 9.82. The monoisotopic (exact) mass is 372 g/mol. The Hall–Kier alpha value is -1.80. The molecule has 0 aliphatic rings. The predicted molar refractivity (Wildman–Crippen MR) is 96.5 cm³/mol. The first-order chi connectivity index (χ1) is 11.8. The molecule has 8 heteroatoms. The fourth-order valence-corrected chi connectivity index (χ4v) is 2.95. The van der Waals surface area contributed by atoms with Crippen molar-refractivity contribution in [3.05, 3.63) is 0 Å². The smallest absolute Gasteiger partial charge is 0.331 e. The Morgan fingerprint density at radius 1 is 0.731 bits per heavy atom. The zero-order chi connectivity index (χ0) is 20.7. The number of aliphatic carboxylic acids is 2. The van der Waals surface area contributed by atoms with Crippen LogP contribution in [0.25, 0.3) is 0 Å². The van der Waals surface area contributed by atoms with E-state index < -0.39 is 34.6 Å². The van der Waals surface area contributed by atoms with Crippen molar-refractivity contribution in [1.82, 2.24) is 0 Å². The second kappa shape index (κ2) is 9.78. The SMILES string of the molecule is CC(C)CC(N)(C(=O)O)C(=O)CCCCC(=O)C(N)(CC(C)C)C(=O)O. The number of Topliss-reactive ketones (excluding diaryl/α,β-unsaturated/α-hetero) is 2. The van der Waals surface area contributed by atoms with E-state index in [2.05, 4.69) is 0 Å². The summed E-state index contributed by atoms with van der Waals surface area (Å²) in [5, 5.41) is 18.5. The summed E-state index contributed by atoms with van der Waals surface area (Å²) in [6, 6.07) is 0. The average Bonchev–Trinajstić information content (AvgIpc) is 2.48. The van der Waals surface area contributed by atoms with Gasteiger partial charge in [0.15, 0.2) is 22.6 Å². The van der Waals surface area contributed by atoms with Gasteiger partial charge in [0, 0.05) is 12.8 Å². The number of carboxylic acid groups (broad SMARTS) is 2. The van der Waals surface area contributed by atoms with Crippen LogP contribution in [0, 0.1) is 11.8 Å². The molecule has 26 heavy (non-hydrogen) atoms. The van der Waals surface area contributed by atoms with Crippen LogP contribution in [0.5, 0.6) is 0 Å². The van der Waals surface area contributed by atoms with E-state index >= 15 is 0 Å². The van der Waals surface area contributed by atoms with E-state index in [0.717, 1.165) is 0 Å². The number of rotatable bonds is 13. The average molecular weight is 372 g/mol.